The van der Waals surface area contributed by atoms with Gasteiger partial charge in [0.15, 0.2) is 12.2 Å². The van der Waals surface area contributed by atoms with Crippen molar-refractivity contribution < 1.29 is 130 Å². The molecule has 3 unspecified atom stereocenters. The van der Waals surface area contributed by atoms with Gasteiger partial charge in [-0.25, -0.2) is 0 Å². The molecule has 0 aromatic heterocycles. The molecule has 2 saturated heterocycles. The maximum absolute atomic E-state index is 11.3. The molecule has 544 valence electrons. The maximum atomic E-state index is 11.3. The van der Waals surface area contributed by atoms with E-state index in [2.05, 4.69) is 138 Å². The molecule has 8 rings (SSSR count). The van der Waals surface area contributed by atoms with Crippen molar-refractivity contribution in [2.75, 3.05) is 26.4 Å². The van der Waals surface area contributed by atoms with Gasteiger partial charge in [-0.05, 0) is 82.8 Å². The average molecular weight is 2300 g/mol. The first-order valence-corrected chi connectivity index (χ1v) is 50.2. The molecule has 4 aromatic carbocycles. The Morgan fingerprint density at radius 1 is 0.505 bits per heavy atom. The summed E-state index contributed by atoms with van der Waals surface area (Å²) in [6.07, 6.45) is -6.46. The third-order valence-corrected chi connectivity index (χ3v) is 15.2. The molecule has 4 aliphatic heterocycles. The van der Waals surface area contributed by atoms with E-state index in [0.717, 1.165) is 23.5 Å². The molecule has 4 heterocycles. The topological polar surface area (TPSA) is 357 Å². The molecule has 97 heavy (non-hydrogen) atoms. The van der Waals surface area contributed by atoms with Crippen LogP contribution < -0.4 is 18.7 Å². The van der Waals surface area contributed by atoms with Crippen LogP contribution in [-0.4, -0.2) is 183 Å². The van der Waals surface area contributed by atoms with Crippen molar-refractivity contribution in [3.05, 3.63) is 156 Å². The maximum Gasteiger partial charge on any atom is 0.488 e. The standard InChI is InChI=1S/C16H19BrO7.C16H17BrO5.C12H15BrO5.C11H16O5.C6H6BBrO2.CH4.I3.I2.HI/c1-8(18)22-7-12-16(23-9(2)19)14(21)13(20)15(24-12)10-4-3-5-11(17)6-10;1-10(18)20-9-16-15(21-11(2)19)7-6-14(22-16)12-4-3-5-13(17)8-12;13-7-3-1-2-6(4-7)12-11(17)10(16)9(15)8(5-14)18-12;1-7-4-5-14-10(6-15-8(2)12)11(7)16-9(3)13;8-6-3-1-2-5(4-6)7(9)10;;1-3-2;1-2;/h3-6,12-16,20-21H,7H2,1-2H3;3-8,14-16H,9H2,1-2H3;1-4,8-12,14-17H,5H2;4-5,7,10-11H,6H2,1-3H3;1-4,9-10H;1H4;;;1H/q;;;;;;-1;;/t12-,13+,14-,15?,16-;14?,15-,16+;8-,9-,10+,11+,12?;7-,10-,11+;;;;;/m1011...../s1. The molecule has 0 spiro atoms. The summed E-state index contributed by atoms with van der Waals surface area (Å²) in [5.41, 5.74) is 2.75. The van der Waals surface area contributed by atoms with Gasteiger partial charge in [0.2, 0.25) is 0 Å². The van der Waals surface area contributed by atoms with Gasteiger partial charge in [-0.15, -0.1) is 24.0 Å². The molecule has 0 amide bonds. The fraction of sp³-hybridized carbons (Fsp3) is 0.452. The van der Waals surface area contributed by atoms with Crippen LogP contribution in [0.15, 0.2) is 139 Å². The normalized spacial score (nSPS) is 25.5. The number of hydrogen-bond donors (Lipinski definition) is 8. The summed E-state index contributed by atoms with van der Waals surface area (Å²) >= 11 is 22.8. The Morgan fingerprint density at radius 2 is 0.907 bits per heavy atom. The van der Waals surface area contributed by atoms with Gasteiger partial charge < -0.3 is 88.1 Å². The number of ether oxygens (including phenoxy) is 10. The summed E-state index contributed by atoms with van der Waals surface area (Å²) < 4.78 is 56.0. The summed E-state index contributed by atoms with van der Waals surface area (Å²) in [7, 11) is -1.38. The number of aliphatic hydroxyl groups excluding tert-OH is 6. The van der Waals surface area contributed by atoms with Crippen LogP contribution in [0.25, 0.3) is 0 Å². The van der Waals surface area contributed by atoms with E-state index >= 15 is 0 Å². The number of halogens is 10. The second kappa shape index (κ2) is 52.0. The average Bonchev–Trinajstić information content (AvgIpc) is 0.799. The van der Waals surface area contributed by atoms with Crippen LogP contribution >= 0.6 is 162 Å². The second-order valence-electron chi connectivity index (χ2n) is 20.4. The fourth-order valence-corrected chi connectivity index (χ4v) is 10.6. The first-order valence-electron chi connectivity index (χ1n) is 28.2. The Balaban J connectivity index is 0.00000118. The van der Waals surface area contributed by atoms with Crippen molar-refractivity contribution in [3.8, 4) is 0 Å². The van der Waals surface area contributed by atoms with Crippen LogP contribution in [0.2, 0.25) is 0 Å². The zero-order chi connectivity index (χ0) is 71.6. The van der Waals surface area contributed by atoms with Gasteiger partial charge in [-0.3, -0.25) is 28.8 Å². The molecule has 0 saturated carbocycles. The molecule has 2 fully saturated rings. The van der Waals surface area contributed by atoms with Gasteiger partial charge in [0, 0.05) is 103 Å². The van der Waals surface area contributed by atoms with E-state index in [-0.39, 0.29) is 75.2 Å². The van der Waals surface area contributed by atoms with E-state index in [4.69, 9.17) is 62.5 Å². The first kappa shape index (κ1) is 95.9. The van der Waals surface area contributed by atoms with Crippen LogP contribution in [0, 0.1) is 5.92 Å². The van der Waals surface area contributed by atoms with Gasteiger partial charge >= 0.3 is 93.4 Å². The van der Waals surface area contributed by atoms with Gasteiger partial charge in [0.1, 0.15) is 99.2 Å². The van der Waals surface area contributed by atoms with Crippen LogP contribution in [0.3, 0.4) is 0 Å². The number of aliphatic hydroxyl groups is 6. The summed E-state index contributed by atoms with van der Waals surface area (Å²) in [5, 5.41) is 76.5. The number of benzene rings is 4. The largest absolute Gasteiger partial charge is 0.488 e. The van der Waals surface area contributed by atoms with Gasteiger partial charge in [-0.1, -0.05) is 133 Å². The molecular weight excluding hydrogens is 2220 g/mol. The van der Waals surface area contributed by atoms with E-state index in [1.165, 1.54) is 41.5 Å². The Hall–Kier alpha value is -1.10. The molecular formula is C62H78BBr4I6O24-. The number of carbonyl (C=O) groups excluding carboxylic acids is 6. The zero-order valence-electron chi connectivity index (χ0n) is 52.1. The quantitative estimate of drug-likeness (QED) is 0.0208. The Bertz CT molecular complexity index is 3080. The van der Waals surface area contributed by atoms with Crippen LogP contribution in [0.4, 0.5) is 0 Å². The third-order valence-electron chi connectivity index (χ3n) is 13.2. The number of rotatable bonds is 14. The molecule has 8 N–H and O–H groups in total. The summed E-state index contributed by atoms with van der Waals surface area (Å²) in [6.45, 7) is 9.14. The number of esters is 6. The smallest absolute Gasteiger partial charge is 0.423 e. The molecule has 0 radical (unpaired) electrons. The molecule has 35 heteroatoms. The molecule has 16 atom stereocenters. The fourth-order valence-electron chi connectivity index (χ4n) is 8.96. The minimum atomic E-state index is -1.38. The van der Waals surface area contributed by atoms with Crippen molar-refractivity contribution in [1.82, 2.24) is 0 Å². The van der Waals surface area contributed by atoms with Crippen molar-refractivity contribution in [2.45, 2.75) is 147 Å². The summed E-state index contributed by atoms with van der Waals surface area (Å²) in [6, 6.07) is 28.8. The van der Waals surface area contributed by atoms with E-state index in [1.807, 2.05) is 55.5 Å². The first-order chi connectivity index (χ1) is 44.9. The summed E-state index contributed by atoms with van der Waals surface area (Å²) in [5.74, 6) is -2.69. The van der Waals surface area contributed by atoms with Crippen molar-refractivity contribution in [1.29, 1.82) is 0 Å². The predicted octanol–water partition coefficient (Wildman–Crippen LogP) is 6.97. The van der Waals surface area contributed by atoms with E-state index in [0.29, 0.717) is 29.8 Å². The number of hydrogen-bond acceptors (Lipinski definition) is 24. The second-order valence-corrected chi connectivity index (χ2v) is 40.4. The van der Waals surface area contributed by atoms with Crippen molar-refractivity contribution in [3.63, 3.8) is 0 Å². The Labute approximate surface area is 668 Å². The van der Waals surface area contributed by atoms with E-state index in [1.54, 1.807) is 73.0 Å². The number of carbonyl (C=O) groups is 6. The Kier molecular flexibility index (Phi) is 51.4. The SMILES string of the molecule is C.CC(=O)OC[C@H]1OC(c2cccc(Br)c2)C=C[C@@H]1OC(C)=O.CC(=O)OC[C@H]1OC(c2cccc(Br)c2)[C@@H](O)[C@@H](O)[C@@H]1OC(C)=O.CC(=O)OC[C@H]1OC=C[C@@H](C)[C@@H]1OC(C)=O.I.II.I[I-]I.OB(O)c1cccc(Br)c1.OC[C@H]1OC(c2cccc(Br)c2)[C@@H](O)[C@@H](O)[C@@H]1O. The molecule has 0 bridgehead atoms. The summed E-state index contributed by atoms with van der Waals surface area (Å²) in [4.78, 5) is 66.1. The van der Waals surface area contributed by atoms with E-state index in [9.17, 15) is 54.3 Å². The zero-order valence-corrected chi connectivity index (χ0v) is 71.6. The molecule has 4 aliphatic rings. The van der Waals surface area contributed by atoms with Gasteiger partial charge in [-0.2, -0.15) is 0 Å². The predicted molar refractivity (Wildman–Crippen MR) is 413 cm³/mol. The minimum absolute atomic E-state index is 0. The molecule has 24 nitrogen and oxygen atoms in total. The monoisotopic (exact) mass is 2290 g/mol. The molecule has 0 aliphatic carbocycles. The minimum Gasteiger partial charge on any atom is -0.423 e. The van der Waals surface area contributed by atoms with Crippen molar-refractivity contribution >= 4 is 211 Å². The van der Waals surface area contributed by atoms with Crippen LogP contribution in [0.5, 0.6) is 0 Å². The van der Waals surface area contributed by atoms with E-state index < -0.39 is 123 Å². The van der Waals surface area contributed by atoms with Crippen LogP contribution in [0.1, 0.15) is 90.9 Å². The molecule has 4 aromatic rings. The van der Waals surface area contributed by atoms with Crippen molar-refractivity contribution in [2.24, 2.45) is 5.92 Å². The van der Waals surface area contributed by atoms with Gasteiger partial charge in [0.05, 0.1) is 12.9 Å². The van der Waals surface area contributed by atoms with Crippen LogP contribution in [-0.2, 0) is 76.1 Å². The van der Waals surface area contributed by atoms with Gasteiger partial charge in [0.25, 0.3) is 0 Å². The third kappa shape index (κ3) is 36.0. The Morgan fingerprint density at radius 3 is 1.33 bits per heavy atom.